The first kappa shape index (κ1) is 15.4. The number of aromatic nitrogens is 2. The van der Waals surface area contributed by atoms with Gasteiger partial charge < -0.3 is 10.6 Å². The molecule has 0 atom stereocenters. The Hall–Kier alpha value is -2.50. The van der Waals surface area contributed by atoms with Crippen LogP contribution in [-0.4, -0.2) is 39.8 Å². The summed E-state index contributed by atoms with van der Waals surface area (Å²) in [5.41, 5.74) is 9.21. The highest BCUT2D eigenvalue weighted by Gasteiger charge is 2.26. The standard InChI is InChI=1S/C17H20N4O2/c1-10-11(2)20-15-9-13(3-4-14(15)19-10)17(23)21-7-5-12(6-8-21)16(18)22/h3-4,9,12H,5-8H2,1-2H3,(H2,18,22). The number of nitrogens with zero attached hydrogens (tertiary/aromatic N) is 3. The Morgan fingerprint density at radius 3 is 2.30 bits per heavy atom. The molecule has 0 radical (unpaired) electrons. The van der Waals surface area contributed by atoms with Crippen LogP contribution in [0.5, 0.6) is 0 Å². The number of primary amides is 1. The Kier molecular flexibility index (Phi) is 3.98. The molecule has 120 valence electrons. The first-order chi connectivity index (χ1) is 11.0. The maximum atomic E-state index is 12.6. The quantitative estimate of drug-likeness (QED) is 0.912. The van der Waals surface area contributed by atoms with Gasteiger partial charge in [-0.2, -0.15) is 0 Å². The van der Waals surface area contributed by atoms with Crippen molar-refractivity contribution in [3.63, 3.8) is 0 Å². The van der Waals surface area contributed by atoms with E-state index in [1.165, 1.54) is 0 Å². The van der Waals surface area contributed by atoms with Crippen LogP contribution in [0.3, 0.4) is 0 Å². The maximum absolute atomic E-state index is 12.6. The number of piperidine rings is 1. The molecule has 2 heterocycles. The van der Waals surface area contributed by atoms with Crippen molar-refractivity contribution in [2.24, 2.45) is 11.7 Å². The molecule has 6 nitrogen and oxygen atoms in total. The second-order valence-electron chi connectivity index (χ2n) is 6.07. The van der Waals surface area contributed by atoms with E-state index in [1.54, 1.807) is 17.0 Å². The number of hydrogen-bond acceptors (Lipinski definition) is 4. The van der Waals surface area contributed by atoms with Gasteiger partial charge in [0.25, 0.3) is 5.91 Å². The number of nitrogens with two attached hydrogens (primary N) is 1. The van der Waals surface area contributed by atoms with Gasteiger partial charge in [0.15, 0.2) is 0 Å². The minimum absolute atomic E-state index is 0.0325. The number of rotatable bonds is 2. The van der Waals surface area contributed by atoms with Crippen molar-refractivity contribution in [2.45, 2.75) is 26.7 Å². The zero-order valence-electron chi connectivity index (χ0n) is 13.4. The lowest BCUT2D eigenvalue weighted by Crippen LogP contribution is -2.41. The summed E-state index contributed by atoms with van der Waals surface area (Å²) in [6.45, 7) is 4.95. The minimum atomic E-state index is -0.274. The second-order valence-corrected chi connectivity index (χ2v) is 6.07. The van der Waals surface area contributed by atoms with E-state index >= 15 is 0 Å². The van der Waals surface area contributed by atoms with Gasteiger partial charge in [-0.1, -0.05) is 0 Å². The van der Waals surface area contributed by atoms with Crippen LogP contribution in [0.25, 0.3) is 11.0 Å². The fourth-order valence-electron chi connectivity index (χ4n) is 2.91. The summed E-state index contributed by atoms with van der Waals surface area (Å²) in [4.78, 5) is 34.6. The fraction of sp³-hybridized carbons (Fsp3) is 0.412. The minimum Gasteiger partial charge on any atom is -0.369 e. The smallest absolute Gasteiger partial charge is 0.253 e. The van der Waals surface area contributed by atoms with Crippen LogP contribution in [0.1, 0.15) is 34.6 Å². The molecule has 0 spiro atoms. The Labute approximate surface area is 134 Å². The summed E-state index contributed by atoms with van der Waals surface area (Å²) in [7, 11) is 0. The number of carbonyl (C=O) groups is 2. The van der Waals surface area contributed by atoms with Gasteiger partial charge in [-0.25, -0.2) is 9.97 Å². The molecular weight excluding hydrogens is 292 g/mol. The molecule has 1 aromatic heterocycles. The molecule has 1 fully saturated rings. The third kappa shape index (κ3) is 3.02. The number of amides is 2. The Balaban J connectivity index is 1.81. The highest BCUT2D eigenvalue weighted by atomic mass is 16.2. The van der Waals surface area contributed by atoms with E-state index < -0.39 is 0 Å². The molecule has 23 heavy (non-hydrogen) atoms. The molecule has 2 amide bonds. The SMILES string of the molecule is Cc1nc2ccc(C(=O)N3CCC(C(N)=O)CC3)cc2nc1C. The van der Waals surface area contributed by atoms with Gasteiger partial charge in [-0.05, 0) is 44.9 Å². The normalized spacial score (nSPS) is 15.8. The van der Waals surface area contributed by atoms with Crippen LogP contribution in [0.15, 0.2) is 18.2 Å². The molecule has 2 aromatic rings. The van der Waals surface area contributed by atoms with Crippen molar-refractivity contribution >= 4 is 22.8 Å². The van der Waals surface area contributed by atoms with Gasteiger partial charge >= 0.3 is 0 Å². The zero-order chi connectivity index (χ0) is 16.6. The lowest BCUT2D eigenvalue weighted by Gasteiger charge is -2.30. The van der Waals surface area contributed by atoms with Gasteiger partial charge in [0.2, 0.25) is 5.91 Å². The number of fused-ring (bicyclic) bond motifs is 1. The van der Waals surface area contributed by atoms with Crippen molar-refractivity contribution in [2.75, 3.05) is 13.1 Å². The van der Waals surface area contributed by atoms with Crippen LogP contribution in [0.2, 0.25) is 0 Å². The predicted molar refractivity (Wildman–Crippen MR) is 86.8 cm³/mol. The first-order valence-electron chi connectivity index (χ1n) is 7.79. The lowest BCUT2D eigenvalue weighted by molar-refractivity contribution is -0.123. The van der Waals surface area contributed by atoms with Crippen molar-refractivity contribution in [3.05, 3.63) is 35.2 Å². The summed E-state index contributed by atoms with van der Waals surface area (Å²) in [5.74, 6) is -0.425. The Bertz CT molecular complexity index is 780. The first-order valence-corrected chi connectivity index (χ1v) is 7.79. The third-order valence-corrected chi connectivity index (χ3v) is 4.51. The second kappa shape index (κ2) is 5.95. The van der Waals surface area contributed by atoms with Gasteiger partial charge in [-0.15, -0.1) is 0 Å². The monoisotopic (exact) mass is 312 g/mol. The summed E-state index contributed by atoms with van der Waals surface area (Å²) in [6.07, 6.45) is 1.26. The number of benzene rings is 1. The Morgan fingerprint density at radius 1 is 1.09 bits per heavy atom. The van der Waals surface area contributed by atoms with E-state index in [-0.39, 0.29) is 17.7 Å². The van der Waals surface area contributed by atoms with Crippen LogP contribution >= 0.6 is 0 Å². The number of aryl methyl sites for hydroxylation is 2. The highest BCUT2D eigenvalue weighted by Crippen LogP contribution is 2.20. The summed E-state index contributed by atoms with van der Waals surface area (Å²) >= 11 is 0. The van der Waals surface area contributed by atoms with Crippen molar-refractivity contribution in [1.82, 2.24) is 14.9 Å². The highest BCUT2D eigenvalue weighted by molar-refractivity contribution is 5.97. The molecule has 1 saturated heterocycles. The molecule has 3 rings (SSSR count). The molecule has 1 aromatic carbocycles. The topological polar surface area (TPSA) is 89.2 Å². The van der Waals surface area contributed by atoms with Crippen LogP contribution in [0, 0.1) is 19.8 Å². The molecule has 1 aliphatic rings. The van der Waals surface area contributed by atoms with E-state index in [0.29, 0.717) is 31.5 Å². The van der Waals surface area contributed by atoms with Gasteiger partial charge in [0.1, 0.15) is 0 Å². The molecular formula is C17H20N4O2. The van der Waals surface area contributed by atoms with Crippen molar-refractivity contribution < 1.29 is 9.59 Å². The summed E-state index contributed by atoms with van der Waals surface area (Å²) in [6, 6.07) is 5.41. The lowest BCUT2D eigenvalue weighted by atomic mass is 9.96. The largest absolute Gasteiger partial charge is 0.369 e. The molecule has 1 aliphatic heterocycles. The fourth-order valence-corrected chi connectivity index (χ4v) is 2.91. The summed E-state index contributed by atoms with van der Waals surface area (Å²) < 4.78 is 0. The third-order valence-electron chi connectivity index (χ3n) is 4.51. The van der Waals surface area contributed by atoms with Crippen LogP contribution in [-0.2, 0) is 4.79 Å². The van der Waals surface area contributed by atoms with Crippen LogP contribution in [0.4, 0.5) is 0 Å². The molecule has 6 heteroatoms. The number of likely N-dealkylation sites (tertiary alicyclic amines) is 1. The molecule has 0 saturated carbocycles. The molecule has 0 unspecified atom stereocenters. The zero-order valence-corrected chi connectivity index (χ0v) is 13.4. The Morgan fingerprint density at radius 2 is 1.70 bits per heavy atom. The average Bonchev–Trinajstić information content (AvgIpc) is 2.55. The van der Waals surface area contributed by atoms with Gasteiger partial charge in [-0.3, -0.25) is 9.59 Å². The van der Waals surface area contributed by atoms with Gasteiger partial charge in [0, 0.05) is 24.6 Å². The number of hydrogen-bond donors (Lipinski definition) is 1. The average molecular weight is 312 g/mol. The van der Waals surface area contributed by atoms with Crippen LogP contribution < -0.4 is 5.73 Å². The molecule has 2 N–H and O–H groups in total. The molecule has 0 aliphatic carbocycles. The van der Waals surface area contributed by atoms with E-state index in [0.717, 1.165) is 22.4 Å². The van der Waals surface area contributed by atoms with E-state index in [4.69, 9.17) is 5.73 Å². The van der Waals surface area contributed by atoms with Crippen molar-refractivity contribution in [1.29, 1.82) is 0 Å². The van der Waals surface area contributed by atoms with E-state index in [9.17, 15) is 9.59 Å². The summed E-state index contributed by atoms with van der Waals surface area (Å²) in [5, 5.41) is 0. The number of carbonyl (C=O) groups excluding carboxylic acids is 2. The van der Waals surface area contributed by atoms with Gasteiger partial charge in [0.05, 0.1) is 22.4 Å². The van der Waals surface area contributed by atoms with E-state index in [1.807, 2.05) is 19.9 Å². The predicted octanol–water partition coefficient (Wildman–Crippen LogP) is 1.58. The van der Waals surface area contributed by atoms with E-state index in [2.05, 4.69) is 9.97 Å². The maximum Gasteiger partial charge on any atom is 0.253 e. The van der Waals surface area contributed by atoms with Crippen molar-refractivity contribution in [3.8, 4) is 0 Å². The molecule has 0 bridgehead atoms.